The van der Waals surface area contributed by atoms with Crippen molar-refractivity contribution in [2.24, 2.45) is 11.3 Å². The second kappa shape index (κ2) is 5.71. The molecule has 0 spiro atoms. The molecule has 102 valence electrons. The van der Waals surface area contributed by atoms with Crippen LogP contribution in [0.25, 0.3) is 0 Å². The van der Waals surface area contributed by atoms with Gasteiger partial charge in [-0.2, -0.15) is 5.26 Å². The van der Waals surface area contributed by atoms with Crippen molar-refractivity contribution >= 4 is 5.91 Å². The van der Waals surface area contributed by atoms with Gasteiger partial charge in [0.15, 0.2) is 0 Å². The highest BCUT2D eigenvalue weighted by molar-refractivity contribution is 5.85. The van der Waals surface area contributed by atoms with Crippen LogP contribution in [0.4, 0.5) is 0 Å². The maximum atomic E-state index is 12.6. The molecule has 0 bridgehead atoms. The van der Waals surface area contributed by atoms with Gasteiger partial charge in [-0.25, -0.2) is 0 Å². The number of rotatable bonds is 4. The fraction of sp³-hybridized carbons (Fsp3) is 0.857. The van der Waals surface area contributed by atoms with Crippen LogP contribution in [0.1, 0.15) is 33.6 Å². The molecule has 1 saturated heterocycles. The minimum absolute atomic E-state index is 0.0196. The normalized spacial score (nSPS) is 24.4. The van der Waals surface area contributed by atoms with Crippen LogP contribution in [0.3, 0.4) is 0 Å². The topological polar surface area (TPSA) is 47.3 Å². The van der Waals surface area contributed by atoms with E-state index in [0.29, 0.717) is 24.8 Å². The van der Waals surface area contributed by atoms with Crippen LogP contribution in [0.15, 0.2) is 0 Å². The number of carbonyl (C=O) groups excluding carboxylic acids is 1. The first-order valence-corrected chi connectivity index (χ1v) is 6.78. The van der Waals surface area contributed by atoms with E-state index in [4.69, 9.17) is 0 Å². The highest BCUT2D eigenvalue weighted by Crippen LogP contribution is 2.31. The van der Waals surface area contributed by atoms with Crippen molar-refractivity contribution in [2.45, 2.75) is 39.7 Å². The number of nitrogens with zero attached hydrogens (tertiary/aromatic N) is 3. The molecular weight excluding hydrogens is 226 g/mol. The molecule has 0 radical (unpaired) electrons. The molecule has 2 unspecified atom stereocenters. The maximum absolute atomic E-state index is 12.6. The summed E-state index contributed by atoms with van der Waals surface area (Å²) >= 11 is 0. The number of nitriles is 1. The first-order valence-electron chi connectivity index (χ1n) is 6.78. The predicted octanol–water partition coefficient (Wildman–Crippen LogP) is 1.72. The molecule has 1 rings (SSSR count). The number of amides is 1. The van der Waals surface area contributed by atoms with Crippen molar-refractivity contribution in [3.8, 4) is 6.07 Å². The van der Waals surface area contributed by atoms with E-state index in [1.165, 1.54) is 0 Å². The standard InChI is InChI=1S/C14H25N3O/c1-6-14(7-2,10-15)13(18)17-8-11(3)12(9-17)16(4)5/h11-12H,6-9H2,1-5H3. The fourth-order valence-electron chi connectivity index (χ4n) is 2.85. The van der Waals surface area contributed by atoms with E-state index in [1.54, 1.807) is 0 Å². The minimum atomic E-state index is -0.819. The third kappa shape index (κ3) is 2.51. The van der Waals surface area contributed by atoms with Gasteiger partial charge in [0.25, 0.3) is 0 Å². The molecule has 1 fully saturated rings. The van der Waals surface area contributed by atoms with Crippen molar-refractivity contribution < 1.29 is 4.79 Å². The first-order chi connectivity index (χ1) is 8.41. The lowest BCUT2D eigenvalue weighted by Gasteiger charge is -2.28. The largest absolute Gasteiger partial charge is 0.339 e. The molecule has 18 heavy (non-hydrogen) atoms. The lowest BCUT2D eigenvalue weighted by molar-refractivity contribution is -0.138. The second-order valence-electron chi connectivity index (χ2n) is 5.62. The predicted molar refractivity (Wildman–Crippen MR) is 71.8 cm³/mol. The highest BCUT2D eigenvalue weighted by Gasteiger charge is 2.43. The Labute approximate surface area is 111 Å². The van der Waals surface area contributed by atoms with E-state index in [2.05, 4.69) is 17.9 Å². The van der Waals surface area contributed by atoms with Gasteiger partial charge in [0.2, 0.25) is 5.91 Å². The van der Waals surface area contributed by atoms with Crippen LogP contribution in [0.2, 0.25) is 0 Å². The van der Waals surface area contributed by atoms with Crippen LogP contribution < -0.4 is 0 Å². The molecule has 4 nitrogen and oxygen atoms in total. The van der Waals surface area contributed by atoms with Crippen molar-refractivity contribution in [1.82, 2.24) is 9.80 Å². The summed E-state index contributed by atoms with van der Waals surface area (Å²) in [6, 6.07) is 2.65. The number of carbonyl (C=O) groups is 1. The maximum Gasteiger partial charge on any atom is 0.243 e. The molecular formula is C14H25N3O. The highest BCUT2D eigenvalue weighted by atomic mass is 16.2. The first kappa shape index (κ1) is 15.0. The molecule has 4 heteroatoms. The van der Waals surface area contributed by atoms with Crippen molar-refractivity contribution in [2.75, 3.05) is 27.2 Å². The summed E-state index contributed by atoms with van der Waals surface area (Å²) in [5.41, 5.74) is -0.819. The van der Waals surface area contributed by atoms with Crippen LogP contribution >= 0.6 is 0 Å². The van der Waals surface area contributed by atoms with Crippen LogP contribution in [0.5, 0.6) is 0 Å². The SMILES string of the molecule is CCC(C#N)(CC)C(=O)N1CC(C)C(N(C)C)C1. The van der Waals surface area contributed by atoms with Crippen LogP contribution in [-0.2, 0) is 4.79 Å². The molecule has 0 aromatic rings. The molecule has 0 N–H and O–H groups in total. The van der Waals surface area contributed by atoms with E-state index in [0.717, 1.165) is 13.1 Å². The van der Waals surface area contributed by atoms with Gasteiger partial charge in [-0.1, -0.05) is 20.8 Å². The van der Waals surface area contributed by atoms with Gasteiger partial charge < -0.3 is 9.80 Å². The molecule has 1 aliphatic heterocycles. The third-order valence-electron chi connectivity index (χ3n) is 4.35. The Balaban J connectivity index is 2.84. The molecule has 0 aromatic carbocycles. The molecule has 1 heterocycles. The Kier molecular flexibility index (Phi) is 4.75. The molecule has 1 aliphatic rings. The van der Waals surface area contributed by atoms with Gasteiger partial charge in [0.1, 0.15) is 5.41 Å². The lowest BCUT2D eigenvalue weighted by Crippen LogP contribution is -2.43. The third-order valence-corrected chi connectivity index (χ3v) is 4.35. The van der Waals surface area contributed by atoms with E-state index >= 15 is 0 Å². The summed E-state index contributed by atoms with van der Waals surface area (Å²) in [5, 5.41) is 9.34. The number of likely N-dealkylation sites (N-methyl/N-ethyl adjacent to an activating group) is 1. The van der Waals surface area contributed by atoms with E-state index in [1.807, 2.05) is 32.8 Å². The number of likely N-dealkylation sites (tertiary alicyclic amines) is 1. The van der Waals surface area contributed by atoms with Gasteiger partial charge in [0, 0.05) is 19.1 Å². The molecule has 0 aliphatic carbocycles. The van der Waals surface area contributed by atoms with Gasteiger partial charge in [-0.3, -0.25) is 4.79 Å². The zero-order valence-electron chi connectivity index (χ0n) is 12.2. The van der Waals surface area contributed by atoms with E-state index in [-0.39, 0.29) is 5.91 Å². The Morgan fingerprint density at radius 3 is 2.28 bits per heavy atom. The molecule has 2 atom stereocenters. The monoisotopic (exact) mass is 251 g/mol. The van der Waals surface area contributed by atoms with Crippen molar-refractivity contribution in [3.05, 3.63) is 0 Å². The summed E-state index contributed by atoms with van der Waals surface area (Å²) in [6.45, 7) is 7.53. The summed E-state index contributed by atoms with van der Waals surface area (Å²) in [5.74, 6) is 0.486. The Bertz CT molecular complexity index is 341. The zero-order chi connectivity index (χ0) is 13.9. The summed E-state index contributed by atoms with van der Waals surface area (Å²) in [7, 11) is 4.10. The van der Waals surface area contributed by atoms with Crippen LogP contribution in [-0.4, -0.2) is 48.9 Å². The quantitative estimate of drug-likeness (QED) is 0.764. The van der Waals surface area contributed by atoms with E-state index in [9.17, 15) is 10.1 Å². The Hall–Kier alpha value is -1.08. The fourth-order valence-corrected chi connectivity index (χ4v) is 2.85. The summed E-state index contributed by atoms with van der Waals surface area (Å²) in [6.07, 6.45) is 1.19. The van der Waals surface area contributed by atoms with Gasteiger partial charge in [-0.15, -0.1) is 0 Å². The summed E-state index contributed by atoms with van der Waals surface area (Å²) in [4.78, 5) is 16.6. The Morgan fingerprint density at radius 1 is 1.39 bits per heavy atom. The smallest absolute Gasteiger partial charge is 0.243 e. The van der Waals surface area contributed by atoms with Gasteiger partial charge in [-0.05, 0) is 32.9 Å². The van der Waals surface area contributed by atoms with Gasteiger partial charge >= 0.3 is 0 Å². The van der Waals surface area contributed by atoms with Crippen molar-refractivity contribution in [3.63, 3.8) is 0 Å². The summed E-state index contributed by atoms with van der Waals surface area (Å²) < 4.78 is 0. The average molecular weight is 251 g/mol. The molecule has 1 amide bonds. The zero-order valence-corrected chi connectivity index (χ0v) is 12.2. The van der Waals surface area contributed by atoms with E-state index < -0.39 is 5.41 Å². The lowest BCUT2D eigenvalue weighted by atomic mass is 9.82. The molecule has 0 aromatic heterocycles. The second-order valence-corrected chi connectivity index (χ2v) is 5.62. The molecule has 0 saturated carbocycles. The Morgan fingerprint density at radius 2 is 1.94 bits per heavy atom. The van der Waals surface area contributed by atoms with Crippen molar-refractivity contribution in [1.29, 1.82) is 5.26 Å². The average Bonchev–Trinajstić information content (AvgIpc) is 2.74. The number of hydrogen-bond donors (Lipinski definition) is 0. The number of hydrogen-bond acceptors (Lipinski definition) is 3. The minimum Gasteiger partial charge on any atom is -0.339 e. The van der Waals surface area contributed by atoms with Crippen LogP contribution in [0, 0.1) is 22.7 Å². The van der Waals surface area contributed by atoms with Gasteiger partial charge in [0.05, 0.1) is 6.07 Å².